The van der Waals surface area contributed by atoms with Gasteiger partial charge in [-0.2, -0.15) is 0 Å². The molecule has 0 aliphatic carbocycles. The van der Waals surface area contributed by atoms with Crippen molar-refractivity contribution in [3.05, 3.63) is 168 Å². The van der Waals surface area contributed by atoms with Crippen LogP contribution >= 0.6 is 0 Å². The van der Waals surface area contributed by atoms with Crippen LogP contribution in [0.1, 0.15) is 28.1 Å². The third-order valence-corrected chi connectivity index (χ3v) is 11.8. The first-order chi connectivity index (χ1) is 24.6. The summed E-state index contributed by atoms with van der Waals surface area (Å²) in [6.07, 6.45) is 6.38. The Labute approximate surface area is 297 Å². The Morgan fingerprint density at radius 2 is 0.980 bits per heavy atom. The van der Waals surface area contributed by atoms with Crippen molar-refractivity contribution >= 4 is 58.1 Å². The molecule has 0 unspecified atom stereocenters. The van der Waals surface area contributed by atoms with Crippen molar-refractivity contribution < 1.29 is 0 Å². The Kier molecular flexibility index (Phi) is 7.62. The van der Waals surface area contributed by atoms with Crippen molar-refractivity contribution in [2.45, 2.75) is 13.8 Å². The van der Waals surface area contributed by atoms with Gasteiger partial charge in [-0.05, 0) is 0 Å². The molecule has 0 saturated heterocycles. The van der Waals surface area contributed by atoms with E-state index in [1.54, 1.807) is 0 Å². The Morgan fingerprint density at radius 3 is 1.60 bits per heavy atom. The van der Waals surface area contributed by atoms with Crippen LogP contribution in [0, 0.1) is 13.8 Å². The number of hydrogen-bond donors (Lipinski definition) is 1. The molecule has 8 bridgehead atoms. The Balaban J connectivity index is 1.48. The van der Waals surface area contributed by atoms with E-state index in [1.165, 1.54) is 41.9 Å². The van der Waals surface area contributed by atoms with Crippen LogP contribution in [0.15, 0.2) is 145 Å². The minimum absolute atomic E-state index is 0.0320. The van der Waals surface area contributed by atoms with E-state index < -0.39 is 0 Å². The van der Waals surface area contributed by atoms with Gasteiger partial charge in [-0.3, -0.25) is 0 Å². The Bertz CT molecular complexity index is 2620. The summed E-state index contributed by atoms with van der Waals surface area (Å²) in [5, 5.41) is 0. The fourth-order valence-corrected chi connectivity index (χ4v) is 9.41. The molecule has 2 aliphatic rings. The summed E-state index contributed by atoms with van der Waals surface area (Å²) in [6, 6.07) is 50.3. The van der Waals surface area contributed by atoms with Crippen molar-refractivity contribution in [1.82, 2.24) is 9.97 Å². The van der Waals surface area contributed by atoms with Crippen molar-refractivity contribution in [3.8, 4) is 44.5 Å². The molecule has 4 heteroatoms. The van der Waals surface area contributed by atoms with Crippen molar-refractivity contribution in [2.75, 3.05) is 0 Å². The number of rotatable bonds is 4. The van der Waals surface area contributed by atoms with E-state index in [0.29, 0.717) is 0 Å². The molecule has 0 atom stereocenters. The minimum atomic E-state index is 0.0320. The number of hydrogen-bond acceptors (Lipinski definition) is 2. The van der Waals surface area contributed by atoms with Crippen LogP contribution in [-0.4, -0.2) is 30.7 Å². The van der Waals surface area contributed by atoms with Gasteiger partial charge in [0, 0.05) is 0 Å². The molecule has 3 nitrogen and oxygen atoms in total. The van der Waals surface area contributed by atoms with Crippen LogP contribution in [0.5, 0.6) is 0 Å². The molecule has 50 heavy (non-hydrogen) atoms. The predicted octanol–water partition coefficient (Wildman–Crippen LogP) is 11.9. The molecule has 238 valence electrons. The van der Waals surface area contributed by atoms with E-state index in [2.05, 4.69) is 171 Å². The normalized spacial score (nSPS) is 12.0. The van der Waals surface area contributed by atoms with Gasteiger partial charge in [0.2, 0.25) is 0 Å². The van der Waals surface area contributed by atoms with E-state index in [1.807, 2.05) is 6.21 Å². The Morgan fingerprint density at radius 1 is 0.480 bits per heavy atom. The molecule has 5 heterocycles. The van der Waals surface area contributed by atoms with Crippen LogP contribution in [0.3, 0.4) is 0 Å². The quantitative estimate of drug-likeness (QED) is 0.182. The first-order valence-electron chi connectivity index (χ1n) is 16.9. The summed E-state index contributed by atoms with van der Waals surface area (Å²) < 4.78 is 2.65. The van der Waals surface area contributed by atoms with Gasteiger partial charge in [-0.1, -0.05) is 0 Å². The second-order valence-electron chi connectivity index (χ2n) is 12.9. The summed E-state index contributed by atoms with van der Waals surface area (Å²) in [7, 11) is 0. The molecule has 2 aliphatic heterocycles. The van der Waals surface area contributed by atoms with E-state index in [4.69, 9.17) is 9.98 Å². The first-order valence-corrected chi connectivity index (χ1v) is 18.6. The van der Waals surface area contributed by atoms with Crippen LogP contribution in [-0.2, 0) is 0 Å². The summed E-state index contributed by atoms with van der Waals surface area (Å²) in [5.41, 5.74) is 17.7. The fourth-order valence-electron chi connectivity index (χ4n) is 6.97. The molecule has 9 rings (SSSR count). The van der Waals surface area contributed by atoms with Gasteiger partial charge < -0.3 is 0 Å². The zero-order valence-corrected chi connectivity index (χ0v) is 29.5. The molecular formula is C46H33N3Se. The molecule has 3 aromatic heterocycles. The van der Waals surface area contributed by atoms with Crippen molar-refractivity contribution in [2.24, 2.45) is 4.99 Å². The number of aromatic amines is 1. The fraction of sp³-hybridized carbons (Fsp3) is 0.0435. The summed E-state index contributed by atoms with van der Waals surface area (Å²) in [4.78, 5) is 14.4. The molecule has 7 aromatic rings. The van der Waals surface area contributed by atoms with Crippen LogP contribution < -0.4 is 0 Å². The molecule has 1 N–H and O–H groups in total. The van der Waals surface area contributed by atoms with E-state index in [-0.39, 0.29) is 14.5 Å². The molecule has 4 aromatic carbocycles. The molecule has 0 saturated carbocycles. The average molecular weight is 707 g/mol. The third kappa shape index (κ3) is 5.49. The maximum atomic E-state index is 5.43. The maximum absolute atomic E-state index is 5.43. The topological polar surface area (TPSA) is 41.0 Å². The number of fused-ring (bicyclic) bond motifs is 8. The first kappa shape index (κ1) is 30.3. The summed E-state index contributed by atoms with van der Waals surface area (Å²) in [6.45, 7) is 4.26. The van der Waals surface area contributed by atoms with E-state index in [9.17, 15) is 0 Å². The number of benzene rings is 4. The zero-order valence-electron chi connectivity index (χ0n) is 27.8. The zero-order chi connectivity index (χ0) is 33.6. The molecule has 0 spiro atoms. The van der Waals surface area contributed by atoms with Gasteiger partial charge in [-0.25, -0.2) is 0 Å². The van der Waals surface area contributed by atoms with E-state index in [0.717, 1.165) is 55.9 Å². The van der Waals surface area contributed by atoms with Gasteiger partial charge in [0.25, 0.3) is 0 Å². The third-order valence-electron chi connectivity index (χ3n) is 9.46. The Hall–Kier alpha value is -5.80. The number of aryl methyl sites for hydroxylation is 2. The van der Waals surface area contributed by atoms with E-state index >= 15 is 0 Å². The van der Waals surface area contributed by atoms with Crippen molar-refractivity contribution in [3.63, 3.8) is 0 Å². The molecule has 0 amide bonds. The number of nitrogens with one attached hydrogen (secondary N) is 1. The monoisotopic (exact) mass is 707 g/mol. The number of aromatic nitrogens is 2. The summed E-state index contributed by atoms with van der Waals surface area (Å²) in [5.74, 6) is 0. The predicted molar refractivity (Wildman–Crippen MR) is 213 cm³/mol. The molecular weight excluding hydrogens is 673 g/mol. The van der Waals surface area contributed by atoms with Gasteiger partial charge in [-0.15, -0.1) is 0 Å². The summed E-state index contributed by atoms with van der Waals surface area (Å²) >= 11 is 0.0320. The van der Waals surface area contributed by atoms with Crippen molar-refractivity contribution in [1.29, 1.82) is 0 Å². The molecule has 0 fully saturated rings. The number of nitrogens with zero attached hydrogens (tertiary/aromatic N) is 2. The standard InChI is InChI=1S/C46H33N3Se/c1-29-13-17-33(18-14-29)43-35-27-40(47-28-35)44(34-19-15-30(2)16-20-34)37-22-24-39(49-37)46(32-11-7-4-8-12-32)42-26-25-41(50-42)45(31-9-5-3-6-10-31)38-23-21-36(43)48-38/h3-28,49H,1-2H3. The average Bonchev–Trinajstić information content (AvgIpc) is 3.98. The second kappa shape index (κ2) is 12.6. The molecule has 0 radical (unpaired) electrons. The van der Waals surface area contributed by atoms with Crippen LogP contribution in [0.2, 0.25) is 0 Å². The van der Waals surface area contributed by atoms with Crippen LogP contribution in [0.4, 0.5) is 5.69 Å². The van der Waals surface area contributed by atoms with Crippen LogP contribution in [0.25, 0.3) is 76.2 Å². The van der Waals surface area contributed by atoms with Gasteiger partial charge in [0.05, 0.1) is 0 Å². The second-order valence-corrected chi connectivity index (χ2v) is 15.1. The number of H-pyrrole nitrogens is 1. The van der Waals surface area contributed by atoms with Gasteiger partial charge in [0.15, 0.2) is 0 Å². The van der Waals surface area contributed by atoms with Gasteiger partial charge in [0.1, 0.15) is 0 Å². The number of aliphatic imine (C=N–C) groups is 1. The SMILES string of the molecule is Cc1ccc(-c2c3cc(c(-c4ccc(C)cc4)c4ccc([nH]4)c(-c4ccccc4)c4ccc([se]4)c(-c4ccccc4)c4nc2C=C4)N=C3)cc1. The van der Waals surface area contributed by atoms with Gasteiger partial charge >= 0.3 is 299 Å².